The van der Waals surface area contributed by atoms with Gasteiger partial charge in [0.2, 0.25) is 0 Å². The largest absolute Gasteiger partial charge is 0.462 e. The fourth-order valence-corrected chi connectivity index (χ4v) is 9.69. The molecular formula is C55H98O10. The topological polar surface area (TPSA) is 129 Å². The van der Waals surface area contributed by atoms with Gasteiger partial charge in [0.15, 0.2) is 6.10 Å². The number of hydrogen-bond donors (Lipinski definition) is 0. The van der Waals surface area contributed by atoms with Crippen molar-refractivity contribution in [2.75, 3.05) is 13.2 Å². The minimum absolute atomic E-state index is 0.0965. The van der Waals surface area contributed by atoms with Gasteiger partial charge in [0.05, 0.1) is 48.8 Å². The molecular weight excluding hydrogens is 821 g/mol. The number of ether oxygens (including phenoxy) is 7. The summed E-state index contributed by atoms with van der Waals surface area (Å²) in [4.78, 5) is 38.2. The van der Waals surface area contributed by atoms with Gasteiger partial charge >= 0.3 is 17.9 Å². The maximum absolute atomic E-state index is 12.9. The van der Waals surface area contributed by atoms with E-state index in [1.165, 1.54) is 116 Å². The summed E-state index contributed by atoms with van der Waals surface area (Å²) in [7, 11) is 0. The van der Waals surface area contributed by atoms with Gasteiger partial charge < -0.3 is 33.2 Å². The van der Waals surface area contributed by atoms with E-state index in [1.807, 2.05) is 0 Å². The summed E-state index contributed by atoms with van der Waals surface area (Å²) in [5.41, 5.74) is 0. The summed E-state index contributed by atoms with van der Waals surface area (Å²) >= 11 is 0. The first-order valence-corrected chi connectivity index (χ1v) is 28.0. The van der Waals surface area contributed by atoms with Gasteiger partial charge in [-0.15, -0.1) is 0 Å². The number of unbranched alkanes of at least 4 members (excludes halogenated alkanes) is 22. The Bertz CT molecular complexity index is 1230. The van der Waals surface area contributed by atoms with Crippen molar-refractivity contribution in [2.24, 2.45) is 0 Å². The zero-order valence-electron chi connectivity index (χ0n) is 42.1. The third kappa shape index (κ3) is 28.4. The van der Waals surface area contributed by atoms with E-state index >= 15 is 0 Å². The van der Waals surface area contributed by atoms with Crippen LogP contribution in [0, 0.1) is 0 Å². The van der Waals surface area contributed by atoms with Crippen LogP contribution in [0.5, 0.6) is 0 Å². The fourth-order valence-electron chi connectivity index (χ4n) is 9.69. The molecule has 10 heteroatoms. The number of epoxide rings is 4. The molecule has 65 heavy (non-hydrogen) atoms. The zero-order valence-corrected chi connectivity index (χ0v) is 42.1. The van der Waals surface area contributed by atoms with Crippen molar-refractivity contribution in [3.05, 3.63) is 0 Å². The molecule has 4 aliphatic rings. The second-order valence-corrected chi connectivity index (χ2v) is 20.4. The average molecular weight is 919 g/mol. The Labute approximate surface area is 397 Å². The molecule has 4 rings (SSSR count). The molecule has 0 radical (unpaired) electrons. The first-order valence-electron chi connectivity index (χ1n) is 28.0. The van der Waals surface area contributed by atoms with Crippen LogP contribution in [0.25, 0.3) is 0 Å². The lowest BCUT2D eigenvalue weighted by Gasteiger charge is -2.18. The highest BCUT2D eigenvalue weighted by atomic mass is 16.6. The second kappa shape index (κ2) is 35.4. The fraction of sp³-hybridized carbons (Fsp3) is 0.945. The highest BCUT2D eigenvalue weighted by Crippen LogP contribution is 2.39. The van der Waals surface area contributed by atoms with Crippen molar-refractivity contribution in [2.45, 2.75) is 320 Å². The lowest BCUT2D eigenvalue weighted by Crippen LogP contribution is -2.30. The predicted octanol–water partition coefficient (Wildman–Crippen LogP) is 13.9. The Balaban J connectivity index is 1.01. The zero-order chi connectivity index (χ0) is 46.2. The van der Waals surface area contributed by atoms with E-state index in [9.17, 15) is 14.4 Å². The molecule has 4 saturated heterocycles. The Hall–Kier alpha value is -1.75. The molecule has 0 aromatic carbocycles. The van der Waals surface area contributed by atoms with Gasteiger partial charge in [-0.2, -0.15) is 0 Å². The summed E-state index contributed by atoms with van der Waals surface area (Å²) in [6.45, 7) is 6.55. The van der Waals surface area contributed by atoms with E-state index in [0.717, 1.165) is 109 Å². The molecule has 0 spiro atoms. The van der Waals surface area contributed by atoms with Crippen LogP contribution in [0.2, 0.25) is 0 Å². The number of carbonyl (C=O) groups excluding carboxylic acids is 3. The van der Waals surface area contributed by atoms with Crippen LogP contribution >= 0.6 is 0 Å². The quantitative estimate of drug-likeness (QED) is 0.0252. The Morgan fingerprint density at radius 3 is 0.985 bits per heavy atom. The van der Waals surface area contributed by atoms with Crippen LogP contribution in [0.3, 0.4) is 0 Å². The SMILES string of the molecule is CCCCCCCCC1OC1CCCCCCCC(=O)OCC(COC(=O)CCCCCCCC1OC1CC1OC1CCCCC)OC(=O)CCCCCCCC1OC1CCCCCC. The van der Waals surface area contributed by atoms with Crippen molar-refractivity contribution >= 4 is 17.9 Å². The molecule has 9 unspecified atom stereocenters. The molecule has 0 aliphatic carbocycles. The van der Waals surface area contributed by atoms with Crippen LogP contribution in [-0.4, -0.2) is 86.1 Å². The van der Waals surface area contributed by atoms with Gasteiger partial charge in [-0.25, -0.2) is 0 Å². The van der Waals surface area contributed by atoms with Crippen LogP contribution in [0.15, 0.2) is 0 Å². The smallest absolute Gasteiger partial charge is 0.306 e. The van der Waals surface area contributed by atoms with E-state index in [1.54, 1.807) is 0 Å². The average Bonchev–Trinajstić information content (AvgIpc) is 4.12. The van der Waals surface area contributed by atoms with Crippen LogP contribution in [-0.2, 0) is 47.5 Å². The summed E-state index contributed by atoms with van der Waals surface area (Å²) in [5, 5.41) is 0. The molecule has 4 aliphatic heterocycles. The molecule has 0 N–H and O–H groups in total. The van der Waals surface area contributed by atoms with E-state index in [0.29, 0.717) is 68.1 Å². The van der Waals surface area contributed by atoms with E-state index in [-0.39, 0.29) is 31.1 Å². The Morgan fingerprint density at radius 1 is 0.338 bits per heavy atom. The summed E-state index contributed by atoms with van der Waals surface area (Å²) in [5.74, 6) is -0.934. The maximum Gasteiger partial charge on any atom is 0.306 e. The first kappa shape index (κ1) is 55.8. The molecule has 378 valence electrons. The van der Waals surface area contributed by atoms with Gasteiger partial charge in [0.1, 0.15) is 13.2 Å². The normalized spacial score (nSPS) is 24.4. The number of rotatable bonds is 47. The predicted molar refractivity (Wildman–Crippen MR) is 259 cm³/mol. The number of esters is 3. The standard InChI is InChI=1S/C55H98O10/c1-4-7-10-12-16-25-34-47-48(63-47)36-26-17-13-20-29-38-53(56)59-42-44(61-55(58)40-31-22-15-18-27-35-46-45(62-46)33-24-11-8-5-2)43-60-54(57)39-30-21-14-19-28-37-50-52(65-50)41-51-49(64-51)32-23-9-6-3/h44-52H,4-43H2,1-3H3. The maximum atomic E-state index is 12.9. The van der Waals surface area contributed by atoms with Gasteiger partial charge in [-0.3, -0.25) is 14.4 Å². The first-order chi connectivity index (χ1) is 31.9. The van der Waals surface area contributed by atoms with Gasteiger partial charge in [-0.1, -0.05) is 181 Å². The van der Waals surface area contributed by atoms with Crippen LogP contribution in [0.1, 0.15) is 265 Å². The highest BCUT2D eigenvalue weighted by molar-refractivity contribution is 5.71. The van der Waals surface area contributed by atoms with Crippen molar-refractivity contribution in [1.29, 1.82) is 0 Å². The monoisotopic (exact) mass is 919 g/mol. The molecule has 4 heterocycles. The van der Waals surface area contributed by atoms with Crippen LogP contribution in [0.4, 0.5) is 0 Å². The van der Waals surface area contributed by atoms with Gasteiger partial charge in [0, 0.05) is 25.7 Å². The molecule has 4 fully saturated rings. The van der Waals surface area contributed by atoms with Crippen molar-refractivity contribution < 1.29 is 47.5 Å². The van der Waals surface area contributed by atoms with Crippen molar-refractivity contribution in [3.8, 4) is 0 Å². The Morgan fingerprint density at radius 2 is 0.600 bits per heavy atom. The summed E-state index contributed by atoms with van der Waals surface area (Å²) in [6.07, 6.45) is 44.2. The second-order valence-electron chi connectivity index (χ2n) is 20.4. The number of carbonyl (C=O) groups is 3. The van der Waals surface area contributed by atoms with Gasteiger partial charge in [0.25, 0.3) is 0 Å². The van der Waals surface area contributed by atoms with E-state index < -0.39 is 6.10 Å². The minimum Gasteiger partial charge on any atom is -0.462 e. The number of hydrogen-bond acceptors (Lipinski definition) is 10. The summed E-state index contributed by atoms with van der Waals surface area (Å²) < 4.78 is 40.4. The lowest BCUT2D eigenvalue weighted by atomic mass is 10.0. The van der Waals surface area contributed by atoms with E-state index in [2.05, 4.69) is 20.8 Å². The molecule has 0 saturated carbocycles. The molecule has 10 nitrogen and oxygen atoms in total. The molecule has 0 amide bonds. The molecule has 0 aromatic rings. The van der Waals surface area contributed by atoms with E-state index in [4.69, 9.17) is 33.2 Å². The van der Waals surface area contributed by atoms with Crippen molar-refractivity contribution in [3.63, 3.8) is 0 Å². The third-order valence-electron chi connectivity index (χ3n) is 14.3. The van der Waals surface area contributed by atoms with Crippen molar-refractivity contribution in [1.82, 2.24) is 0 Å². The third-order valence-corrected chi connectivity index (χ3v) is 14.3. The lowest BCUT2D eigenvalue weighted by molar-refractivity contribution is -0.167. The molecule has 0 aromatic heterocycles. The van der Waals surface area contributed by atoms with Crippen LogP contribution < -0.4 is 0 Å². The molecule has 0 bridgehead atoms. The highest BCUT2D eigenvalue weighted by Gasteiger charge is 2.47. The Kier molecular flexibility index (Phi) is 30.4. The minimum atomic E-state index is -0.801. The summed E-state index contributed by atoms with van der Waals surface area (Å²) in [6, 6.07) is 0. The molecule has 9 atom stereocenters. The van der Waals surface area contributed by atoms with Gasteiger partial charge in [-0.05, 0) is 57.8 Å².